The van der Waals surface area contributed by atoms with E-state index in [0.717, 1.165) is 38.0 Å². The first-order chi connectivity index (χ1) is 14.6. The highest BCUT2D eigenvalue weighted by Crippen LogP contribution is 2.25. The van der Waals surface area contributed by atoms with E-state index in [4.69, 9.17) is 11.6 Å². The zero-order chi connectivity index (χ0) is 20.9. The van der Waals surface area contributed by atoms with Gasteiger partial charge in [0.15, 0.2) is 5.82 Å². The van der Waals surface area contributed by atoms with Gasteiger partial charge in [-0.3, -0.25) is 9.59 Å². The lowest BCUT2D eigenvalue weighted by Gasteiger charge is -2.32. The van der Waals surface area contributed by atoms with Crippen molar-refractivity contribution in [1.82, 2.24) is 15.5 Å². The van der Waals surface area contributed by atoms with Crippen molar-refractivity contribution in [2.75, 3.05) is 29.1 Å². The van der Waals surface area contributed by atoms with Crippen molar-refractivity contribution in [3.8, 4) is 0 Å². The van der Waals surface area contributed by atoms with Gasteiger partial charge in [0, 0.05) is 29.8 Å². The third-order valence-corrected chi connectivity index (χ3v) is 6.28. The molecule has 1 aromatic heterocycles. The Kier molecular flexibility index (Phi) is 6.74. The number of aromatic nitrogens is 2. The van der Waals surface area contributed by atoms with Gasteiger partial charge in [-0.25, -0.2) is 0 Å². The Bertz CT molecular complexity index is 907. The van der Waals surface area contributed by atoms with E-state index < -0.39 is 0 Å². The summed E-state index contributed by atoms with van der Waals surface area (Å²) in [6.07, 6.45) is 4.08. The predicted molar refractivity (Wildman–Crippen MR) is 119 cm³/mol. The van der Waals surface area contributed by atoms with Crippen LogP contribution in [-0.4, -0.2) is 46.9 Å². The van der Waals surface area contributed by atoms with Gasteiger partial charge in [-0.2, -0.15) is 0 Å². The van der Waals surface area contributed by atoms with Crippen LogP contribution in [0.15, 0.2) is 41.4 Å². The molecule has 30 heavy (non-hydrogen) atoms. The number of carbonyl (C=O) groups excluding carboxylic acids is 2. The van der Waals surface area contributed by atoms with Crippen LogP contribution in [-0.2, 0) is 9.59 Å². The van der Waals surface area contributed by atoms with Crippen LogP contribution < -0.4 is 15.5 Å². The molecule has 1 aromatic carbocycles. The lowest BCUT2D eigenvalue weighted by Crippen LogP contribution is -2.44. The van der Waals surface area contributed by atoms with Gasteiger partial charge in [0.25, 0.3) is 0 Å². The zero-order valence-electron chi connectivity index (χ0n) is 16.5. The van der Waals surface area contributed by atoms with E-state index in [9.17, 15) is 9.59 Å². The zero-order valence-corrected chi connectivity index (χ0v) is 18.1. The van der Waals surface area contributed by atoms with E-state index in [-0.39, 0.29) is 23.5 Å². The Morgan fingerprint density at radius 3 is 2.77 bits per heavy atom. The molecule has 0 spiro atoms. The summed E-state index contributed by atoms with van der Waals surface area (Å²) in [5.74, 6) is 1.03. The van der Waals surface area contributed by atoms with E-state index in [1.807, 2.05) is 12.1 Å². The van der Waals surface area contributed by atoms with Gasteiger partial charge in [-0.05, 0) is 56.0 Å². The highest BCUT2D eigenvalue weighted by atomic mass is 35.5. The molecule has 1 aliphatic heterocycles. The fraction of sp³-hybridized carbons (Fsp3) is 0.429. The maximum absolute atomic E-state index is 12.4. The molecule has 2 heterocycles. The lowest BCUT2D eigenvalue weighted by atomic mass is 9.97. The minimum atomic E-state index is -0.131. The van der Waals surface area contributed by atoms with E-state index in [1.165, 1.54) is 11.8 Å². The predicted octanol–water partition coefficient (Wildman–Crippen LogP) is 3.36. The lowest BCUT2D eigenvalue weighted by molar-refractivity contribution is -0.125. The molecule has 0 radical (unpaired) electrons. The molecule has 2 aliphatic rings. The molecule has 2 fully saturated rings. The number of benzene rings is 1. The summed E-state index contributed by atoms with van der Waals surface area (Å²) in [6.45, 7) is 1.54. The van der Waals surface area contributed by atoms with Crippen LogP contribution in [0.1, 0.15) is 25.7 Å². The number of anilines is 2. The van der Waals surface area contributed by atoms with E-state index in [1.54, 1.807) is 24.3 Å². The molecule has 0 bridgehead atoms. The fourth-order valence-corrected chi connectivity index (χ4v) is 4.21. The second-order valence-corrected chi connectivity index (χ2v) is 9.08. The summed E-state index contributed by atoms with van der Waals surface area (Å²) in [5, 5.41) is 15.7. The summed E-state index contributed by atoms with van der Waals surface area (Å²) in [6, 6.07) is 11.2. The molecule has 7 nitrogen and oxygen atoms in total. The van der Waals surface area contributed by atoms with Crippen LogP contribution in [0.25, 0.3) is 0 Å². The van der Waals surface area contributed by atoms with E-state index >= 15 is 0 Å². The Labute approximate surface area is 185 Å². The van der Waals surface area contributed by atoms with Crippen LogP contribution in [0, 0.1) is 5.92 Å². The number of piperidine rings is 1. The first-order valence-corrected chi connectivity index (χ1v) is 11.5. The molecule has 4 rings (SSSR count). The first kappa shape index (κ1) is 20.9. The smallest absolute Gasteiger partial charge is 0.234 e. The topological polar surface area (TPSA) is 87.2 Å². The molecule has 1 aliphatic carbocycles. The summed E-state index contributed by atoms with van der Waals surface area (Å²) in [5.41, 5.74) is 0.667. The summed E-state index contributed by atoms with van der Waals surface area (Å²) in [7, 11) is 0. The van der Waals surface area contributed by atoms with Gasteiger partial charge in [0.05, 0.1) is 11.7 Å². The Morgan fingerprint density at radius 1 is 1.17 bits per heavy atom. The molecule has 2 aromatic rings. The van der Waals surface area contributed by atoms with Crippen LogP contribution in [0.4, 0.5) is 11.5 Å². The van der Waals surface area contributed by atoms with Gasteiger partial charge in [0.2, 0.25) is 11.8 Å². The molecule has 1 saturated carbocycles. The fourth-order valence-electron chi connectivity index (χ4n) is 3.41. The molecule has 2 N–H and O–H groups in total. The van der Waals surface area contributed by atoms with Crippen molar-refractivity contribution in [3.05, 3.63) is 41.4 Å². The SMILES string of the molecule is O=C(CSc1ccc(N2CCCC(C(=O)NC3CC3)C2)nn1)Nc1cccc(Cl)c1. The Hall–Kier alpha value is -2.32. The quantitative estimate of drug-likeness (QED) is 0.635. The van der Waals surface area contributed by atoms with Crippen molar-refractivity contribution >= 4 is 46.7 Å². The van der Waals surface area contributed by atoms with Crippen LogP contribution in [0.5, 0.6) is 0 Å². The third kappa shape index (κ3) is 5.86. The number of hydrogen-bond acceptors (Lipinski definition) is 6. The average Bonchev–Trinajstić information content (AvgIpc) is 3.57. The number of rotatable bonds is 7. The van der Waals surface area contributed by atoms with E-state index in [0.29, 0.717) is 28.3 Å². The number of nitrogens with zero attached hydrogens (tertiary/aromatic N) is 3. The van der Waals surface area contributed by atoms with Crippen molar-refractivity contribution < 1.29 is 9.59 Å². The van der Waals surface area contributed by atoms with Gasteiger partial charge < -0.3 is 15.5 Å². The summed E-state index contributed by atoms with van der Waals surface area (Å²) < 4.78 is 0. The van der Waals surface area contributed by atoms with Crippen LogP contribution >= 0.6 is 23.4 Å². The second-order valence-electron chi connectivity index (χ2n) is 7.64. The average molecular weight is 446 g/mol. The third-order valence-electron chi connectivity index (χ3n) is 5.13. The number of hydrogen-bond donors (Lipinski definition) is 2. The Balaban J connectivity index is 1.27. The molecular weight excluding hydrogens is 422 g/mol. The van der Waals surface area contributed by atoms with Gasteiger partial charge in [-0.15, -0.1) is 10.2 Å². The molecular formula is C21H24ClN5O2S. The monoisotopic (exact) mass is 445 g/mol. The van der Waals surface area contributed by atoms with Gasteiger partial charge in [0.1, 0.15) is 5.03 Å². The highest BCUT2D eigenvalue weighted by molar-refractivity contribution is 7.99. The molecule has 1 unspecified atom stereocenters. The van der Waals surface area contributed by atoms with Crippen molar-refractivity contribution in [3.63, 3.8) is 0 Å². The number of halogens is 1. The van der Waals surface area contributed by atoms with Crippen molar-refractivity contribution in [1.29, 1.82) is 0 Å². The number of amides is 2. The largest absolute Gasteiger partial charge is 0.354 e. The highest BCUT2D eigenvalue weighted by Gasteiger charge is 2.30. The second kappa shape index (κ2) is 9.66. The van der Waals surface area contributed by atoms with Gasteiger partial charge >= 0.3 is 0 Å². The maximum Gasteiger partial charge on any atom is 0.234 e. The first-order valence-electron chi connectivity index (χ1n) is 10.1. The Morgan fingerprint density at radius 2 is 2.03 bits per heavy atom. The number of thioether (sulfide) groups is 1. The molecule has 1 atom stereocenters. The number of carbonyl (C=O) groups is 2. The maximum atomic E-state index is 12.4. The summed E-state index contributed by atoms with van der Waals surface area (Å²) in [4.78, 5) is 26.6. The molecule has 2 amide bonds. The van der Waals surface area contributed by atoms with E-state index in [2.05, 4.69) is 25.7 Å². The van der Waals surface area contributed by atoms with Crippen LogP contribution in [0.3, 0.4) is 0 Å². The normalized spacial score (nSPS) is 18.7. The van der Waals surface area contributed by atoms with Crippen molar-refractivity contribution in [2.24, 2.45) is 5.92 Å². The molecule has 1 saturated heterocycles. The minimum Gasteiger partial charge on any atom is -0.354 e. The standard InChI is InChI=1S/C21H24ClN5O2S/c22-15-4-1-5-17(11-15)23-19(28)13-30-20-9-8-18(25-26-20)27-10-2-3-14(12-27)21(29)24-16-6-7-16/h1,4-5,8-9,11,14,16H,2-3,6-7,10,12-13H2,(H,23,28)(H,24,29). The van der Waals surface area contributed by atoms with Crippen molar-refractivity contribution in [2.45, 2.75) is 36.8 Å². The minimum absolute atomic E-state index is 0.00499. The number of nitrogens with one attached hydrogen (secondary N) is 2. The molecule has 9 heteroatoms. The summed E-state index contributed by atoms with van der Waals surface area (Å²) >= 11 is 7.26. The molecule has 158 valence electrons. The van der Waals surface area contributed by atoms with Crippen LogP contribution in [0.2, 0.25) is 5.02 Å². The van der Waals surface area contributed by atoms with Gasteiger partial charge in [-0.1, -0.05) is 29.4 Å².